The van der Waals surface area contributed by atoms with Gasteiger partial charge in [-0.2, -0.15) is 13.2 Å². The summed E-state index contributed by atoms with van der Waals surface area (Å²) < 4.78 is 109. The van der Waals surface area contributed by atoms with Crippen LogP contribution < -0.4 is 9.04 Å². The fraction of sp³-hybridized carbons (Fsp3) is 0.208. The van der Waals surface area contributed by atoms with E-state index in [0.717, 1.165) is 28.6 Å². The fourth-order valence-electron chi connectivity index (χ4n) is 4.16. The van der Waals surface area contributed by atoms with Crippen LogP contribution in [0.4, 0.5) is 32.0 Å². The van der Waals surface area contributed by atoms with E-state index in [1.54, 1.807) is 0 Å². The molecule has 0 radical (unpaired) electrons. The normalized spacial score (nSPS) is 15.9. The monoisotopic (exact) mass is 545 g/mol. The molecule has 6 nitrogen and oxygen atoms in total. The smallest absolute Gasteiger partial charge is 0.481 e. The number of sulfonamides is 1. The molecule has 3 aromatic rings. The van der Waals surface area contributed by atoms with Crippen molar-refractivity contribution < 1.29 is 49.4 Å². The minimum absolute atomic E-state index is 0.0169. The van der Waals surface area contributed by atoms with Crippen molar-refractivity contribution in [2.45, 2.75) is 36.3 Å². The first-order chi connectivity index (χ1) is 17.1. The van der Waals surface area contributed by atoms with E-state index in [2.05, 4.69) is 4.74 Å². The van der Waals surface area contributed by atoms with Crippen molar-refractivity contribution in [3.8, 4) is 16.9 Å². The lowest BCUT2D eigenvalue weighted by atomic mass is 10.0. The molecule has 1 aliphatic rings. The Morgan fingerprint density at radius 2 is 1.62 bits per heavy atom. The highest BCUT2D eigenvalue weighted by molar-refractivity contribution is 7.92. The zero-order chi connectivity index (χ0) is 27.2. The summed E-state index contributed by atoms with van der Waals surface area (Å²) in [7, 11) is -4.66. The highest BCUT2D eigenvalue weighted by atomic mass is 32.2. The lowest BCUT2D eigenvalue weighted by molar-refractivity contribution is -0.274. The number of nitrogens with zero attached hydrogens (tertiary/aromatic N) is 1. The van der Waals surface area contributed by atoms with Crippen molar-refractivity contribution in [1.82, 2.24) is 0 Å². The molecule has 13 heteroatoms. The van der Waals surface area contributed by atoms with Gasteiger partial charge in [0.1, 0.15) is 5.75 Å². The van der Waals surface area contributed by atoms with Gasteiger partial charge in [0.05, 0.1) is 28.6 Å². The van der Waals surface area contributed by atoms with Crippen LogP contribution in [0, 0.1) is 0 Å². The SMILES string of the molecule is O=C(O)CC1Cc2ccc(-c3cccc(OC(F)(F)F)c3)cc2N1S(=O)(=O)c1cccc(C(F)(F)F)c1. The van der Waals surface area contributed by atoms with Gasteiger partial charge in [0.2, 0.25) is 0 Å². The van der Waals surface area contributed by atoms with Crippen LogP contribution >= 0.6 is 0 Å². The van der Waals surface area contributed by atoms with Gasteiger partial charge in [0.15, 0.2) is 0 Å². The number of benzene rings is 3. The maximum Gasteiger partial charge on any atom is 0.573 e. The number of halogens is 6. The predicted molar refractivity (Wildman–Crippen MR) is 119 cm³/mol. The molecule has 0 bridgehead atoms. The minimum atomic E-state index is -4.93. The molecule has 0 spiro atoms. The van der Waals surface area contributed by atoms with Crippen molar-refractivity contribution in [3.05, 3.63) is 77.9 Å². The summed E-state index contributed by atoms with van der Waals surface area (Å²) in [6, 6.07) is 11.2. The maximum absolute atomic E-state index is 13.5. The quantitative estimate of drug-likeness (QED) is 0.392. The molecule has 3 aromatic carbocycles. The van der Waals surface area contributed by atoms with Gasteiger partial charge in [0, 0.05) is 0 Å². The molecule has 4 rings (SSSR count). The molecule has 1 unspecified atom stereocenters. The Morgan fingerprint density at radius 1 is 0.946 bits per heavy atom. The van der Waals surface area contributed by atoms with Crippen molar-refractivity contribution in [2.75, 3.05) is 4.31 Å². The summed E-state index contributed by atoms with van der Waals surface area (Å²) in [4.78, 5) is 10.8. The number of hydrogen-bond acceptors (Lipinski definition) is 4. The number of alkyl halides is 6. The molecule has 196 valence electrons. The number of anilines is 1. The summed E-state index contributed by atoms with van der Waals surface area (Å²) in [5.74, 6) is -1.83. The highest BCUT2D eigenvalue weighted by Crippen LogP contribution is 2.41. The molecule has 1 aliphatic heterocycles. The van der Waals surface area contributed by atoms with Crippen LogP contribution in [-0.4, -0.2) is 31.9 Å². The van der Waals surface area contributed by atoms with Crippen LogP contribution in [-0.2, 0) is 27.4 Å². The largest absolute Gasteiger partial charge is 0.573 e. The van der Waals surface area contributed by atoms with E-state index in [9.17, 15) is 44.7 Å². The molecule has 1 atom stereocenters. The third kappa shape index (κ3) is 5.66. The Bertz CT molecular complexity index is 1450. The zero-order valence-electron chi connectivity index (χ0n) is 18.5. The topological polar surface area (TPSA) is 83.9 Å². The molecule has 0 aliphatic carbocycles. The maximum atomic E-state index is 13.5. The number of aliphatic carboxylic acids is 1. The van der Waals surface area contributed by atoms with E-state index in [1.807, 2.05) is 0 Å². The van der Waals surface area contributed by atoms with Crippen molar-refractivity contribution in [1.29, 1.82) is 0 Å². The summed E-state index contributed by atoms with van der Waals surface area (Å²) in [5, 5.41) is 9.34. The number of fused-ring (bicyclic) bond motifs is 1. The van der Waals surface area contributed by atoms with Gasteiger partial charge >= 0.3 is 18.5 Å². The first-order valence-corrected chi connectivity index (χ1v) is 12.0. The molecule has 37 heavy (non-hydrogen) atoms. The second-order valence-electron chi connectivity index (χ2n) is 8.20. The molecular weight excluding hydrogens is 528 g/mol. The second-order valence-corrected chi connectivity index (χ2v) is 10.0. The van der Waals surface area contributed by atoms with E-state index in [1.165, 1.54) is 30.3 Å². The summed E-state index contributed by atoms with van der Waals surface area (Å²) >= 11 is 0. The van der Waals surface area contributed by atoms with Gasteiger partial charge in [-0.25, -0.2) is 8.42 Å². The number of carbonyl (C=O) groups is 1. The van der Waals surface area contributed by atoms with Crippen LogP contribution in [0.3, 0.4) is 0 Å². The summed E-state index contributed by atoms with van der Waals surface area (Å²) in [6.07, 6.45) is -10.4. The van der Waals surface area contributed by atoms with Gasteiger partial charge < -0.3 is 9.84 Å². The lowest BCUT2D eigenvalue weighted by Crippen LogP contribution is -2.39. The molecule has 0 amide bonds. The Balaban J connectivity index is 1.81. The van der Waals surface area contributed by atoms with Crippen LogP contribution in [0.1, 0.15) is 17.5 Å². The van der Waals surface area contributed by atoms with Crippen molar-refractivity contribution in [3.63, 3.8) is 0 Å². The van der Waals surface area contributed by atoms with Gasteiger partial charge in [-0.05, 0) is 59.5 Å². The standard InChI is InChI=1S/C24H17F6NO5S/c25-23(26,27)17-4-2-6-20(12-17)37(34,35)31-18(13-22(32)33)9-16-8-7-15(11-21(16)31)14-3-1-5-19(10-14)36-24(28,29)30/h1-8,10-12,18H,9,13H2,(H,32,33). The number of ether oxygens (including phenoxy) is 1. The Hall–Kier alpha value is -3.74. The minimum Gasteiger partial charge on any atom is -0.481 e. The van der Waals surface area contributed by atoms with Crippen LogP contribution in [0.15, 0.2) is 71.6 Å². The number of hydrogen-bond donors (Lipinski definition) is 1. The zero-order valence-corrected chi connectivity index (χ0v) is 19.4. The Kier molecular flexibility index (Phi) is 6.61. The van der Waals surface area contributed by atoms with Crippen molar-refractivity contribution >= 4 is 21.7 Å². The molecule has 0 saturated heterocycles. The molecule has 0 aromatic heterocycles. The molecular formula is C24H17F6NO5S. The highest BCUT2D eigenvalue weighted by Gasteiger charge is 2.41. The predicted octanol–water partition coefficient (Wildman–Crippen LogP) is 5.87. The average Bonchev–Trinajstić information content (AvgIpc) is 3.14. The second kappa shape index (κ2) is 9.29. The molecule has 1 heterocycles. The Labute approximate surface area is 206 Å². The lowest BCUT2D eigenvalue weighted by Gasteiger charge is -2.26. The van der Waals surface area contributed by atoms with E-state index >= 15 is 0 Å². The molecule has 0 fully saturated rings. The van der Waals surface area contributed by atoms with E-state index in [-0.39, 0.29) is 23.2 Å². The number of carboxylic acids is 1. The first-order valence-electron chi connectivity index (χ1n) is 10.6. The van der Waals surface area contributed by atoms with Crippen molar-refractivity contribution in [2.24, 2.45) is 0 Å². The summed E-state index contributed by atoms with van der Waals surface area (Å²) in [6.45, 7) is 0. The van der Waals surface area contributed by atoms with E-state index in [4.69, 9.17) is 0 Å². The third-order valence-corrected chi connectivity index (χ3v) is 7.50. The van der Waals surface area contributed by atoms with Gasteiger partial charge in [-0.15, -0.1) is 13.2 Å². The van der Waals surface area contributed by atoms with Crippen LogP contribution in [0.5, 0.6) is 5.75 Å². The summed E-state index contributed by atoms with van der Waals surface area (Å²) in [5.41, 5.74) is -0.246. The van der Waals surface area contributed by atoms with Gasteiger partial charge in [-0.1, -0.05) is 30.3 Å². The Morgan fingerprint density at radius 3 is 2.27 bits per heavy atom. The van der Waals surface area contributed by atoms with Gasteiger partial charge in [-0.3, -0.25) is 9.10 Å². The molecule has 1 N–H and O–H groups in total. The van der Waals surface area contributed by atoms with E-state index < -0.39 is 57.2 Å². The van der Waals surface area contributed by atoms with Crippen LogP contribution in [0.2, 0.25) is 0 Å². The van der Waals surface area contributed by atoms with E-state index in [0.29, 0.717) is 17.7 Å². The molecule has 0 saturated carbocycles. The fourth-order valence-corrected chi connectivity index (χ4v) is 5.88. The van der Waals surface area contributed by atoms with Crippen LogP contribution in [0.25, 0.3) is 11.1 Å². The first kappa shape index (κ1) is 26.3. The number of rotatable bonds is 6. The number of carboxylic acid groups (broad SMARTS) is 1. The average molecular weight is 545 g/mol. The van der Waals surface area contributed by atoms with Gasteiger partial charge in [0.25, 0.3) is 10.0 Å². The third-order valence-electron chi connectivity index (χ3n) is 5.64.